The first kappa shape index (κ1) is 12.1. The number of carboxylic acid groups (broad SMARTS) is 1. The van der Waals surface area contributed by atoms with Gasteiger partial charge in [0.2, 0.25) is 0 Å². The van der Waals surface area contributed by atoms with E-state index in [2.05, 4.69) is 9.97 Å². The van der Waals surface area contributed by atoms with Gasteiger partial charge in [-0.05, 0) is 6.92 Å². The van der Waals surface area contributed by atoms with Crippen molar-refractivity contribution in [2.24, 2.45) is 0 Å². The highest BCUT2D eigenvalue weighted by atomic mass is 32.1. The molecule has 3 aromatic heterocycles. The van der Waals surface area contributed by atoms with Crippen LogP contribution in [0, 0.1) is 6.92 Å². The first-order valence-corrected chi connectivity index (χ1v) is 7.09. The van der Waals surface area contributed by atoms with Crippen molar-refractivity contribution in [3.05, 3.63) is 34.3 Å². The van der Waals surface area contributed by atoms with Crippen LogP contribution in [0.4, 0.5) is 0 Å². The minimum Gasteiger partial charge on any atom is -0.478 e. The second-order valence-electron chi connectivity index (χ2n) is 3.84. The van der Waals surface area contributed by atoms with E-state index in [1.165, 1.54) is 35.0 Å². The van der Waals surface area contributed by atoms with E-state index in [0.29, 0.717) is 11.5 Å². The highest BCUT2D eigenvalue weighted by molar-refractivity contribution is 7.19. The summed E-state index contributed by atoms with van der Waals surface area (Å²) >= 11 is 2.99. The molecule has 3 aromatic rings. The summed E-state index contributed by atoms with van der Waals surface area (Å²) in [5, 5.41) is 14.3. The zero-order chi connectivity index (χ0) is 13.4. The fraction of sp³-hybridized carbons (Fsp3) is 0.0833. The summed E-state index contributed by atoms with van der Waals surface area (Å²) in [7, 11) is 0. The number of rotatable bonds is 3. The number of hydrogen-bond acceptors (Lipinski definition) is 6. The minimum absolute atomic E-state index is 0.120. The fourth-order valence-electron chi connectivity index (χ4n) is 1.52. The molecule has 0 aromatic carbocycles. The highest BCUT2D eigenvalue weighted by Gasteiger charge is 2.14. The van der Waals surface area contributed by atoms with Gasteiger partial charge < -0.3 is 9.52 Å². The molecule has 0 amide bonds. The maximum atomic E-state index is 10.8. The molecular weight excluding hydrogens is 284 g/mol. The molecule has 0 saturated carbocycles. The Bertz CT molecular complexity index is 742. The van der Waals surface area contributed by atoms with Crippen molar-refractivity contribution in [2.75, 3.05) is 0 Å². The molecule has 0 aliphatic carbocycles. The van der Waals surface area contributed by atoms with Crippen molar-refractivity contribution < 1.29 is 14.3 Å². The quantitative estimate of drug-likeness (QED) is 0.799. The monoisotopic (exact) mass is 292 g/mol. The number of carbonyl (C=O) groups is 1. The van der Waals surface area contributed by atoms with Gasteiger partial charge in [0, 0.05) is 22.5 Å². The Balaban J connectivity index is 1.94. The van der Waals surface area contributed by atoms with Gasteiger partial charge in [-0.2, -0.15) is 0 Å². The van der Waals surface area contributed by atoms with Crippen LogP contribution in [-0.4, -0.2) is 21.0 Å². The molecule has 0 fully saturated rings. The van der Waals surface area contributed by atoms with Crippen molar-refractivity contribution in [3.8, 4) is 21.5 Å². The average Bonchev–Trinajstić information content (AvgIpc) is 3.07. The predicted octanol–water partition coefficient (Wildman–Crippen LogP) is 3.53. The van der Waals surface area contributed by atoms with E-state index in [-0.39, 0.29) is 5.56 Å². The van der Waals surface area contributed by atoms with E-state index < -0.39 is 5.97 Å². The molecule has 0 saturated heterocycles. The van der Waals surface area contributed by atoms with Crippen LogP contribution in [0.25, 0.3) is 21.5 Å². The van der Waals surface area contributed by atoms with Gasteiger partial charge in [0.05, 0.1) is 5.56 Å². The van der Waals surface area contributed by atoms with Gasteiger partial charge in [0.15, 0.2) is 15.8 Å². The van der Waals surface area contributed by atoms with Crippen LogP contribution in [0.3, 0.4) is 0 Å². The van der Waals surface area contributed by atoms with Crippen LogP contribution in [-0.2, 0) is 0 Å². The molecule has 0 bridgehead atoms. The Morgan fingerprint density at radius 1 is 1.26 bits per heavy atom. The molecule has 5 nitrogen and oxygen atoms in total. The van der Waals surface area contributed by atoms with E-state index in [9.17, 15) is 4.79 Å². The zero-order valence-electron chi connectivity index (χ0n) is 9.78. The SMILES string of the molecule is Cc1csc(-c2nc(-c3cc(C(=O)O)co3)cs2)n1. The molecule has 0 aliphatic rings. The van der Waals surface area contributed by atoms with E-state index in [4.69, 9.17) is 9.52 Å². The number of thiazole rings is 2. The number of aryl methyl sites for hydroxylation is 1. The fourth-order valence-corrected chi connectivity index (χ4v) is 3.18. The molecule has 96 valence electrons. The topological polar surface area (TPSA) is 76.2 Å². The van der Waals surface area contributed by atoms with Crippen molar-refractivity contribution in [3.63, 3.8) is 0 Å². The van der Waals surface area contributed by atoms with Crippen LogP contribution in [0.15, 0.2) is 27.5 Å². The Morgan fingerprint density at radius 3 is 2.63 bits per heavy atom. The lowest BCUT2D eigenvalue weighted by molar-refractivity contribution is 0.0696. The normalized spacial score (nSPS) is 10.8. The lowest BCUT2D eigenvalue weighted by atomic mass is 10.3. The first-order chi connectivity index (χ1) is 9.13. The summed E-state index contributed by atoms with van der Waals surface area (Å²) < 4.78 is 5.21. The van der Waals surface area contributed by atoms with Crippen LogP contribution in [0.1, 0.15) is 16.1 Å². The summed E-state index contributed by atoms with van der Waals surface area (Å²) in [6.07, 6.45) is 1.21. The number of aromatic nitrogens is 2. The van der Waals surface area contributed by atoms with Gasteiger partial charge >= 0.3 is 5.97 Å². The third kappa shape index (κ3) is 2.29. The second kappa shape index (κ2) is 4.60. The largest absolute Gasteiger partial charge is 0.478 e. The molecule has 3 rings (SSSR count). The first-order valence-electron chi connectivity index (χ1n) is 5.34. The number of carboxylic acids is 1. The van der Waals surface area contributed by atoms with Crippen molar-refractivity contribution in [1.29, 1.82) is 0 Å². The van der Waals surface area contributed by atoms with Gasteiger partial charge in [-0.3, -0.25) is 0 Å². The smallest absolute Gasteiger partial charge is 0.338 e. The minimum atomic E-state index is -1.01. The molecule has 19 heavy (non-hydrogen) atoms. The molecule has 1 N–H and O–H groups in total. The summed E-state index contributed by atoms with van der Waals surface area (Å²) in [6.45, 7) is 1.93. The lowest BCUT2D eigenvalue weighted by Gasteiger charge is -1.88. The number of hydrogen-bond donors (Lipinski definition) is 1. The molecule has 0 spiro atoms. The van der Waals surface area contributed by atoms with E-state index in [1.807, 2.05) is 17.7 Å². The molecule has 0 atom stereocenters. The van der Waals surface area contributed by atoms with Gasteiger partial charge in [0.25, 0.3) is 0 Å². The number of furan rings is 1. The summed E-state index contributed by atoms with van der Waals surface area (Å²) in [5.41, 5.74) is 1.71. The number of nitrogens with zero attached hydrogens (tertiary/aromatic N) is 2. The third-order valence-electron chi connectivity index (χ3n) is 2.41. The van der Waals surface area contributed by atoms with Crippen molar-refractivity contribution in [1.82, 2.24) is 9.97 Å². The van der Waals surface area contributed by atoms with Gasteiger partial charge in [-0.1, -0.05) is 0 Å². The van der Waals surface area contributed by atoms with E-state index in [1.54, 1.807) is 0 Å². The maximum Gasteiger partial charge on any atom is 0.338 e. The van der Waals surface area contributed by atoms with E-state index >= 15 is 0 Å². The van der Waals surface area contributed by atoms with Gasteiger partial charge in [-0.15, -0.1) is 22.7 Å². The number of aromatic carboxylic acids is 1. The lowest BCUT2D eigenvalue weighted by Crippen LogP contribution is -1.91. The Kier molecular flexibility index (Phi) is 2.92. The Labute approximate surface area is 116 Å². The summed E-state index contributed by atoms with van der Waals surface area (Å²) in [5.74, 6) is -0.561. The maximum absolute atomic E-state index is 10.8. The van der Waals surface area contributed by atoms with Crippen LogP contribution < -0.4 is 0 Å². The third-order valence-corrected chi connectivity index (χ3v) is 4.35. The summed E-state index contributed by atoms with van der Waals surface area (Å²) in [4.78, 5) is 19.6. The van der Waals surface area contributed by atoms with Crippen molar-refractivity contribution >= 4 is 28.6 Å². The van der Waals surface area contributed by atoms with Crippen molar-refractivity contribution in [2.45, 2.75) is 6.92 Å². The summed E-state index contributed by atoms with van der Waals surface area (Å²) in [6, 6.07) is 1.47. The van der Waals surface area contributed by atoms with Crippen LogP contribution in [0.5, 0.6) is 0 Å². The van der Waals surface area contributed by atoms with Gasteiger partial charge in [-0.25, -0.2) is 14.8 Å². The van der Waals surface area contributed by atoms with Gasteiger partial charge in [0.1, 0.15) is 12.0 Å². The molecule has 0 radical (unpaired) electrons. The molecule has 7 heteroatoms. The zero-order valence-corrected chi connectivity index (χ0v) is 11.4. The Hall–Kier alpha value is -1.99. The Morgan fingerprint density at radius 2 is 2.00 bits per heavy atom. The molecule has 3 heterocycles. The average molecular weight is 292 g/mol. The predicted molar refractivity (Wildman–Crippen MR) is 72.6 cm³/mol. The van der Waals surface area contributed by atoms with Crippen LogP contribution >= 0.6 is 22.7 Å². The van der Waals surface area contributed by atoms with E-state index in [0.717, 1.165) is 15.7 Å². The highest BCUT2D eigenvalue weighted by Crippen LogP contribution is 2.31. The molecule has 0 aliphatic heterocycles. The molecule has 0 unspecified atom stereocenters. The molecular formula is C12H8N2O3S2. The standard InChI is InChI=1S/C12H8N2O3S2/c1-6-4-18-10(13-6)11-14-8(5-19-11)9-2-7(3-17-9)12(15)16/h2-5H,1H3,(H,15,16). The second-order valence-corrected chi connectivity index (χ2v) is 5.55. The van der Waals surface area contributed by atoms with Crippen LogP contribution in [0.2, 0.25) is 0 Å².